The molecule has 0 aliphatic heterocycles. The average molecular weight is 292 g/mol. The van der Waals surface area contributed by atoms with E-state index in [9.17, 15) is 4.79 Å². The standard InChI is InChI=1S/C16H28N4O/c1-6-13-8-12(9-15(17)18-13)16(21)19-14(7-11(2)3)10-20(4)5/h8-9,11,14H,6-7,10H2,1-5H3,(H2,17,18)(H,19,21). The first kappa shape index (κ1) is 17.4. The largest absolute Gasteiger partial charge is 0.384 e. The van der Waals surface area contributed by atoms with Gasteiger partial charge in [-0.2, -0.15) is 0 Å². The number of nitrogen functional groups attached to an aromatic ring is 1. The van der Waals surface area contributed by atoms with Crippen molar-refractivity contribution in [1.29, 1.82) is 0 Å². The molecule has 5 heteroatoms. The number of hydrogen-bond donors (Lipinski definition) is 2. The number of anilines is 1. The van der Waals surface area contributed by atoms with E-state index < -0.39 is 0 Å². The van der Waals surface area contributed by atoms with Crippen LogP contribution in [0.5, 0.6) is 0 Å². The summed E-state index contributed by atoms with van der Waals surface area (Å²) < 4.78 is 0. The number of nitrogens with two attached hydrogens (primary N) is 1. The molecule has 1 rings (SSSR count). The molecule has 1 amide bonds. The van der Waals surface area contributed by atoms with Crippen molar-refractivity contribution in [2.24, 2.45) is 5.92 Å². The average Bonchev–Trinajstić information content (AvgIpc) is 2.36. The first-order valence-corrected chi connectivity index (χ1v) is 7.53. The molecule has 1 atom stereocenters. The van der Waals surface area contributed by atoms with Gasteiger partial charge in [0.2, 0.25) is 0 Å². The first-order chi connectivity index (χ1) is 9.81. The summed E-state index contributed by atoms with van der Waals surface area (Å²) in [6.07, 6.45) is 1.71. The van der Waals surface area contributed by atoms with Crippen LogP contribution in [-0.4, -0.2) is 42.5 Å². The fraction of sp³-hybridized carbons (Fsp3) is 0.625. The van der Waals surface area contributed by atoms with E-state index in [1.165, 1.54) is 0 Å². The van der Waals surface area contributed by atoms with Gasteiger partial charge in [-0.25, -0.2) is 4.98 Å². The molecule has 0 spiro atoms. The smallest absolute Gasteiger partial charge is 0.251 e. The van der Waals surface area contributed by atoms with E-state index >= 15 is 0 Å². The molecule has 21 heavy (non-hydrogen) atoms. The van der Waals surface area contributed by atoms with E-state index in [4.69, 9.17) is 5.73 Å². The second kappa shape index (κ2) is 7.98. The Balaban J connectivity index is 2.83. The van der Waals surface area contributed by atoms with Gasteiger partial charge in [0.15, 0.2) is 0 Å². The third kappa shape index (κ3) is 6.12. The molecule has 1 heterocycles. The molecular weight excluding hydrogens is 264 g/mol. The molecule has 5 nitrogen and oxygen atoms in total. The van der Waals surface area contributed by atoms with E-state index in [-0.39, 0.29) is 11.9 Å². The highest BCUT2D eigenvalue weighted by Crippen LogP contribution is 2.11. The highest BCUT2D eigenvalue weighted by molar-refractivity contribution is 5.95. The van der Waals surface area contributed by atoms with Gasteiger partial charge in [0.1, 0.15) is 5.82 Å². The zero-order valence-electron chi connectivity index (χ0n) is 13.8. The zero-order valence-corrected chi connectivity index (χ0v) is 13.8. The summed E-state index contributed by atoms with van der Waals surface area (Å²) in [6, 6.07) is 3.58. The van der Waals surface area contributed by atoms with Crippen molar-refractivity contribution >= 4 is 11.7 Å². The molecule has 0 aliphatic rings. The Morgan fingerprint density at radius 3 is 2.57 bits per heavy atom. The molecule has 1 aromatic heterocycles. The van der Waals surface area contributed by atoms with Gasteiger partial charge in [0, 0.05) is 23.8 Å². The number of nitrogens with one attached hydrogen (secondary N) is 1. The van der Waals surface area contributed by atoms with Crippen molar-refractivity contribution in [1.82, 2.24) is 15.2 Å². The van der Waals surface area contributed by atoms with Crippen LogP contribution in [0.1, 0.15) is 43.2 Å². The predicted octanol–water partition coefficient (Wildman–Crippen LogP) is 1.93. The molecule has 118 valence electrons. The van der Waals surface area contributed by atoms with Crippen LogP contribution < -0.4 is 11.1 Å². The molecule has 0 aromatic carbocycles. The van der Waals surface area contributed by atoms with Gasteiger partial charge >= 0.3 is 0 Å². The summed E-state index contributed by atoms with van der Waals surface area (Å²) in [6.45, 7) is 7.14. The van der Waals surface area contributed by atoms with Crippen LogP contribution in [-0.2, 0) is 6.42 Å². The van der Waals surface area contributed by atoms with Crippen LogP contribution in [0.4, 0.5) is 5.82 Å². The van der Waals surface area contributed by atoms with Crippen LogP contribution in [0.15, 0.2) is 12.1 Å². The van der Waals surface area contributed by atoms with Crippen LogP contribution in [0, 0.1) is 5.92 Å². The number of aromatic nitrogens is 1. The molecule has 3 N–H and O–H groups in total. The topological polar surface area (TPSA) is 71.2 Å². The lowest BCUT2D eigenvalue weighted by Crippen LogP contribution is -2.42. The Hall–Kier alpha value is -1.62. The lowest BCUT2D eigenvalue weighted by atomic mass is 10.0. The number of likely N-dealkylation sites (N-methyl/N-ethyl adjacent to an activating group) is 1. The van der Waals surface area contributed by atoms with Crippen LogP contribution >= 0.6 is 0 Å². The second-order valence-electron chi connectivity index (χ2n) is 6.19. The van der Waals surface area contributed by atoms with Gasteiger partial charge in [-0.15, -0.1) is 0 Å². The van der Waals surface area contributed by atoms with E-state index in [2.05, 4.69) is 29.0 Å². The second-order valence-corrected chi connectivity index (χ2v) is 6.19. The summed E-state index contributed by atoms with van der Waals surface area (Å²) in [5, 5.41) is 3.11. The number of carbonyl (C=O) groups excluding carboxylic acids is 1. The number of rotatable bonds is 7. The fourth-order valence-corrected chi connectivity index (χ4v) is 2.38. The SMILES string of the molecule is CCc1cc(C(=O)NC(CC(C)C)CN(C)C)cc(N)n1. The number of aryl methyl sites for hydroxylation is 1. The maximum Gasteiger partial charge on any atom is 0.251 e. The highest BCUT2D eigenvalue weighted by atomic mass is 16.1. The summed E-state index contributed by atoms with van der Waals surface area (Å²) in [4.78, 5) is 18.7. The van der Waals surface area contributed by atoms with E-state index in [0.29, 0.717) is 17.3 Å². The number of hydrogen-bond acceptors (Lipinski definition) is 4. The maximum absolute atomic E-state index is 12.4. The Kier molecular flexibility index (Phi) is 6.62. The number of carbonyl (C=O) groups is 1. The monoisotopic (exact) mass is 292 g/mol. The Labute approximate surface area is 127 Å². The number of amides is 1. The molecular formula is C16H28N4O. The molecule has 1 aromatic rings. The predicted molar refractivity (Wildman–Crippen MR) is 87.3 cm³/mol. The lowest BCUT2D eigenvalue weighted by Gasteiger charge is -2.24. The van der Waals surface area contributed by atoms with Crippen LogP contribution in [0.2, 0.25) is 0 Å². The quantitative estimate of drug-likeness (QED) is 0.805. The molecule has 0 aliphatic carbocycles. The van der Waals surface area contributed by atoms with Gasteiger partial charge in [0.25, 0.3) is 5.91 Å². The van der Waals surface area contributed by atoms with Gasteiger partial charge in [-0.3, -0.25) is 4.79 Å². The lowest BCUT2D eigenvalue weighted by molar-refractivity contribution is 0.0924. The Bertz CT molecular complexity index is 461. The van der Waals surface area contributed by atoms with Gasteiger partial charge in [-0.1, -0.05) is 20.8 Å². The van der Waals surface area contributed by atoms with Crippen molar-refractivity contribution < 1.29 is 4.79 Å². The van der Waals surface area contributed by atoms with Crippen molar-refractivity contribution in [3.63, 3.8) is 0 Å². The Morgan fingerprint density at radius 2 is 2.05 bits per heavy atom. The molecule has 0 fully saturated rings. The van der Waals surface area contributed by atoms with E-state index in [1.807, 2.05) is 27.1 Å². The minimum atomic E-state index is -0.0775. The third-order valence-corrected chi connectivity index (χ3v) is 3.20. The van der Waals surface area contributed by atoms with E-state index in [0.717, 1.165) is 25.1 Å². The van der Waals surface area contributed by atoms with Gasteiger partial charge in [0.05, 0.1) is 0 Å². The Morgan fingerprint density at radius 1 is 1.38 bits per heavy atom. The van der Waals surface area contributed by atoms with Crippen molar-refractivity contribution in [3.8, 4) is 0 Å². The summed E-state index contributed by atoms with van der Waals surface area (Å²) in [7, 11) is 4.03. The first-order valence-electron chi connectivity index (χ1n) is 7.53. The molecule has 1 unspecified atom stereocenters. The molecule has 0 bridgehead atoms. The maximum atomic E-state index is 12.4. The summed E-state index contributed by atoms with van der Waals surface area (Å²) in [5.41, 5.74) is 7.20. The van der Waals surface area contributed by atoms with Gasteiger partial charge in [-0.05, 0) is 45.0 Å². The van der Waals surface area contributed by atoms with E-state index in [1.54, 1.807) is 6.07 Å². The third-order valence-electron chi connectivity index (χ3n) is 3.20. The van der Waals surface area contributed by atoms with Gasteiger partial charge < -0.3 is 16.0 Å². The molecule has 0 saturated heterocycles. The van der Waals surface area contributed by atoms with Crippen LogP contribution in [0.25, 0.3) is 0 Å². The molecule has 0 saturated carbocycles. The molecule has 0 radical (unpaired) electrons. The summed E-state index contributed by atoms with van der Waals surface area (Å²) in [5.74, 6) is 0.850. The van der Waals surface area contributed by atoms with Crippen LogP contribution in [0.3, 0.4) is 0 Å². The zero-order chi connectivity index (χ0) is 16.0. The number of pyridine rings is 1. The number of nitrogens with zero attached hydrogens (tertiary/aromatic N) is 2. The van der Waals surface area contributed by atoms with Crippen molar-refractivity contribution in [2.45, 2.75) is 39.7 Å². The minimum absolute atomic E-state index is 0.0775. The normalized spacial score (nSPS) is 12.7. The van der Waals surface area contributed by atoms with Crippen molar-refractivity contribution in [2.75, 3.05) is 26.4 Å². The summed E-state index contributed by atoms with van der Waals surface area (Å²) >= 11 is 0. The van der Waals surface area contributed by atoms with Crippen molar-refractivity contribution in [3.05, 3.63) is 23.4 Å². The highest BCUT2D eigenvalue weighted by Gasteiger charge is 2.17. The minimum Gasteiger partial charge on any atom is -0.384 e. The fourth-order valence-electron chi connectivity index (χ4n) is 2.38.